The van der Waals surface area contributed by atoms with Gasteiger partial charge in [-0.1, -0.05) is 23.2 Å². The van der Waals surface area contributed by atoms with Crippen molar-refractivity contribution >= 4 is 44.6 Å². The van der Waals surface area contributed by atoms with Gasteiger partial charge in [0.1, 0.15) is 0 Å². The van der Waals surface area contributed by atoms with Crippen LogP contribution in [0, 0.1) is 6.92 Å². The molecular formula is C9H6Cl2S. The fourth-order valence-electron chi connectivity index (χ4n) is 1.18. The molecule has 2 aromatic rings. The summed E-state index contributed by atoms with van der Waals surface area (Å²) in [4.78, 5) is 0. The minimum absolute atomic E-state index is 0.703. The maximum Gasteiger partial charge on any atom is 0.0599 e. The number of halogens is 2. The van der Waals surface area contributed by atoms with Crippen LogP contribution in [0.2, 0.25) is 10.0 Å². The first-order valence-electron chi connectivity index (χ1n) is 3.51. The van der Waals surface area contributed by atoms with Gasteiger partial charge in [0.15, 0.2) is 0 Å². The van der Waals surface area contributed by atoms with E-state index < -0.39 is 0 Å². The molecule has 12 heavy (non-hydrogen) atoms. The van der Waals surface area contributed by atoms with Crippen molar-refractivity contribution < 1.29 is 0 Å². The van der Waals surface area contributed by atoms with E-state index in [0.29, 0.717) is 5.02 Å². The second kappa shape index (κ2) is 2.91. The molecule has 3 heteroatoms. The molecule has 62 valence electrons. The minimum atomic E-state index is 0.703. The quantitative estimate of drug-likeness (QED) is 0.608. The molecule has 0 saturated carbocycles. The van der Waals surface area contributed by atoms with Crippen LogP contribution in [-0.4, -0.2) is 0 Å². The summed E-state index contributed by atoms with van der Waals surface area (Å²) < 4.78 is 1.12. The Balaban J connectivity index is 2.92. The fraction of sp³-hybridized carbons (Fsp3) is 0.111. The number of aryl methyl sites for hydroxylation is 1. The zero-order valence-electron chi connectivity index (χ0n) is 6.40. The maximum absolute atomic E-state index is 6.00. The third kappa shape index (κ3) is 1.22. The average Bonchev–Trinajstić information content (AvgIpc) is 2.33. The van der Waals surface area contributed by atoms with Gasteiger partial charge in [-0.25, -0.2) is 0 Å². The summed E-state index contributed by atoms with van der Waals surface area (Å²) in [6.45, 7) is 2.06. The van der Waals surface area contributed by atoms with Crippen molar-refractivity contribution in [1.82, 2.24) is 0 Å². The van der Waals surface area contributed by atoms with Crippen molar-refractivity contribution in [1.29, 1.82) is 0 Å². The van der Waals surface area contributed by atoms with E-state index in [2.05, 4.69) is 12.3 Å². The van der Waals surface area contributed by atoms with Crippen molar-refractivity contribution in [2.75, 3.05) is 0 Å². The molecular weight excluding hydrogens is 211 g/mol. The Kier molecular flexibility index (Phi) is 2.03. The molecule has 0 atom stereocenters. The van der Waals surface area contributed by atoms with Crippen LogP contribution in [0.3, 0.4) is 0 Å². The summed E-state index contributed by atoms with van der Waals surface area (Å²) in [5.41, 5.74) is 1.24. The van der Waals surface area contributed by atoms with Crippen LogP contribution < -0.4 is 0 Å². The topological polar surface area (TPSA) is 0 Å². The van der Waals surface area contributed by atoms with Gasteiger partial charge >= 0.3 is 0 Å². The predicted octanol–water partition coefficient (Wildman–Crippen LogP) is 4.52. The molecule has 0 aliphatic rings. The molecule has 0 aliphatic carbocycles. The Morgan fingerprint density at radius 3 is 2.75 bits per heavy atom. The Hall–Kier alpha value is -0.240. The monoisotopic (exact) mass is 216 g/mol. The Bertz CT molecular complexity index is 431. The van der Waals surface area contributed by atoms with Crippen LogP contribution in [0.1, 0.15) is 5.56 Å². The highest BCUT2D eigenvalue weighted by atomic mass is 35.5. The lowest BCUT2D eigenvalue weighted by molar-refractivity contribution is 1.60. The molecule has 0 radical (unpaired) electrons. The molecule has 0 fully saturated rings. The lowest BCUT2D eigenvalue weighted by Crippen LogP contribution is -1.70. The van der Waals surface area contributed by atoms with Gasteiger partial charge in [0, 0.05) is 5.02 Å². The highest BCUT2D eigenvalue weighted by Crippen LogP contribution is 2.34. The maximum atomic E-state index is 6.00. The number of thiophene rings is 1. The zero-order chi connectivity index (χ0) is 8.72. The normalized spacial score (nSPS) is 10.9. The molecule has 1 aromatic carbocycles. The number of benzene rings is 1. The van der Waals surface area contributed by atoms with Crippen LogP contribution in [0.25, 0.3) is 10.1 Å². The molecule has 0 N–H and O–H groups in total. The van der Waals surface area contributed by atoms with Gasteiger partial charge in [0.25, 0.3) is 0 Å². The van der Waals surface area contributed by atoms with E-state index in [-0.39, 0.29) is 0 Å². The number of fused-ring (bicyclic) bond motifs is 1. The standard InChI is InChI=1S/C9H6Cl2S/c1-5-4-12-9-7(5)2-6(10)3-8(9)11/h2-4H,1H3. The largest absolute Gasteiger partial charge is 0.142 e. The van der Waals surface area contributed by atoms with E-state index >= 15 is 0 Å². The van der Waals surface area contributed by atoms with Crippen molar-refractivity contribution in [3.63, 3.8) is 0 Å². The molecule has 0 amide bonds. The second-order valence-electron chi connectivity index (χ2n) is 2.68. The minimum Gasteiger partial charge on any atom is -0.142 e. The van der Waals surface area contributed by atoms with Gasteiger partial charge in [0.2, 0.25) is 0 Å². The third-order valence-corrected chi connectivity index (χ3v) is 3.56. The highest BCUT2D eigenvalue weighted by molar-refractivity contribution is 7.18. The summed E-state index contributed by atoms with van der Waals surface area (Å²) in [5.74, 6) is 0. The Morgan fingerprint density at radius 2 is 2.00 bits per heavy atom. The molecule has 2 rings (SSSR count). The Morgan fingerprint density at radius 1 is 1.25 bits per heavy atom. The van der Waals surface area contributed by atoms with Crippen molar-refractivity contribution in [3.05, 3.63) is 33.1 Å². The number of hydrogen-bond donors (Lipinski definition) is 0. The zero-order valence-corrected chi connectivity index (χ0v) is 8.72. The Labute approximate surface area is 84.7 Å². The lowest BCUT2D eigenvalue weighted by Gasteiger charge is -1.95. The number of hydrogen-bond acceptors (Lipinski definition) is 1. The first-order valence-corrected chi connectivity index (χ1v) is 5.15. The van der Waals surface area contributed by atoms with Crippen LogP contribution in [-0.2, 0) is 0 Å². The third-order valence-electron chi connectivity index (χ3n) is 1.79. The highest BCUT2D eigenvalue weighted by Gasteiger charge is 2.04. The van der Waals surface area contributed by atoms with E-state index in [0.717, 1.165) is 15.1 Å². The molecule has 0 bridgehead atoms. The van der Waals surface area contributed by atoms with Crippen molar-refractivity contribution in [3.8, 4) is 0 Å². The van der Waals surface area contributed by atoms with Gasteiger partial charge < -0.3 is 0 Å². The van der Waals surface area contributed by atoms with Crippen LogP contribution >= 0.6 is 34.5 Å². The summed E-state index contributed by atoms with van der Waals surface area (Å²) in [6.07, 6.45) is 0. The molecule has 1 aromatic heterocycles. The van der Waals surface area contributed by atoms with Crippen LogP contribution in [0.4, 0.5) is 0 Å². The van der Waals surface area contributed by atoms with Crippen molar-refractivity contribution in [2.24, 2.45) is 0 Å². The van der Waals surface area contributed by atoms with Gasteiger partial charge in [-0.3, -0.25) is 0 Å². The summed E-state index contributed by atoms with van der Waals surface area (Å²) in [5, 5.41) is 4.70. The summed E-state index contributed by atoms with van der Waals surface area (Å²) in [7, 11) is 0. The molecule has 0 unspecified atom stereocenters. The fourth-order valence-corrected chi connectivity index (χ4v) is 2.75. The van der Waals surface area contributed by atoms with Gasteiger partial charge in [-0.15, -0.1) is 11.3 Å². The summed E-state index contributed by atoms with van der Waals surface area (Å²) >= 11 is 13.5. The number of rotatable bonds is 0. The second-order valence-corrected chi connectivity index (χ2v) is 4.41. The molecule has 0 nitrogen and oxygen atoms in total. The van der Waals surface area contributed by atoms with E-state index in [9.17, 15) is 0 Å². The van der Waals surface area contributed by atoms with E-state index in [1.165, 1.54) is 5.56 Å². The molecule has 1 heterocycles. The van der Waals surface area contributed by atoms with Gasteiger partial charge in [-0.2, -0.15) is 0 Å². The van der Waals surface area contributed by atoms with Crippen molar-refractivity contribution in [2.45, 2.75) is 6.92 Å². The van der Waals surface area contributed by atoms with Crippen LogP contribution in [0.15, 0.2) is 17.5 Å². The SMILES string of the molecule is Cc1csc2c(Cl)cc(Cl)cc12. The molecule has 0 spiro atoms. The van der Waals surface area contributed by atoms with E-state index in [4.69, 9.17) is 23.2 Å². The average molecular weight is 217 g/mol. The lowest BCUT2D eigenvalue weighted by atomic mass is 10.2. The first kappa shape index (κ1) is 8.36. The van der Waals surface area contributed by atoms with Gasteiger partial charge in [-0.05, 0) is 35.4 Å². The first-order chi connectivity index (χ1) is 5.68. The summed E-state index contributed by atoms with van der Waals surface area (Å²) in [6, 6.07) is 3.73. The van der Waals surface area contributed by atoms with E-state index in [1.807, 2.05) is 6.07 Å². The van der Waals surface area contributed by atoms with Gasteiger partial charge in [0.05, 0.1) is 9.72 Å². The van der Waals surface area contributed by atoms with Crippen LogP contribution in [0.5, 0.6) is 0 Å². The smallest absolute Gasteiger partial charge is 0.0599 e. The molecule has 0 aliphatic heterocycles. The predicted molar refractivity (Wildman–Crippen MR) is 56.6 cm³/mol. The van der Waals surface area contributed by atoms with E-state index in [1.54, 1.807) is 17.4 Å². The molecule has 0 saturated heterocycles.